The average Bonchev–Trinajstić information content (AvgIpc) is 2.79. The fourth-order valence-corrected chi connectivity index (χ4v) is 3.16. The first-order chi connectivity index (χ1) is 15.0. The number of carboxylic acid groups (broad SMARTS) is 1. The molecule has 162 valence electrons. The molecule has 0 aliphatic heterocycles. The van der Waals surface area contributed by atoms with E-state index in [1.54, 1.807) is 0 Å². The molecule has 0 saturated carbocycles. The summed E-state index contributed by atoms with van der Waals surface area (Å²) in [6.07, 6.45) is 0.214. The molecule has 0 radical (unpaired) electrons. The number of rotatable bonds is 11. The molecular weight excluding hydrogens is 416 g/mol. The van der Waals surface area contributed by atoms with Gasteiger partial charge >= 0.3 is 5.97 Å². The van der Waals surface area contributed by atoms with Gasteiger partial charge in [-0.3, -0.25) is 0 Å². The number of hydrogen-bond acceptors (Lipinski definition) is 4. The number of hydrogen-bond donors (Lipinski definition) is 1. The second-order valence-corrected chi connectivity index (χ2v) is 7.43. The highest BCUT2D eigenvalue weighted by molar-refractivity contribution is 6.30. The van der Waals surface area contributed by atoms with Gasteiger partial charge in [-0.2, -0.15) is 0 Å². The quantitative estimate of drug-likeness (QED) is 0.399. The molecule has 0 saturated heterocycles. The number of benzene rings is 3. The molecule has 0 heterocycles. The summed E-state index contributed by atoms with van der Waals surface area (Å²) in [6.45, 7) is 1.07. The largest absolute Gasteiger partial charge is 0.493 e. The van der Waals surface area contributed by atoms with E-state index in [1.807, 2.05) is 72.8 Å². The van der Waals surface area contributed by atoms with Gasteiger partial charge in [0.2, 0.25) is 0 Å². The van der Waals surface area contributed by atoms with E-state index in [-0.39, 0.29) is 0 Å². The lowest BCUT2D eigenvalue weighted by Crippen LogP contribution is -2.24. The normalized spacial score (nSPS) is 11.7. The molecule has 0 aromatic heterocycles. The number of ether oxygens (including phenoxy) is 3. The van der Waals surface area contributed by atoms with Gasteiger partial charge in [0.15, 0.2) is 6.10 Å². The zero-order chi connectivity index (χ0) is 22.1. The van der Waals surface area contributed by atoms with Crippen LogP contribution in [0.15, 0.2) is 72.8 Å². The van der Waals surface area contributed by atoms with Crippen LogP contribution in [0, 0.1) is 0 Å². The minimum absolute atomic E-state index is 0.316. The van der Waals surface area contributed by atoms with Crippen molar-refractivity contribution in [3.63, 3.8) is 0 Å². The second kappa shape index (κ2) is 11.4. The molecule has 0 spiro atoms. The van der Waals surface area contributed by atoms with Gasteiger partial charge in [0.05, 0.1) is 13.2 Å². The van der Waals surface area contributed by atoms with Gasteiger partial charge in [0.1, 0.15) is 11.5 Å². The molecule has 6 heteroatoms. The second-order valence-electron chi connectivity index (χ2n) is 6.99. The Morgan fingerprint density at radius 1 is 0.839 bits per heavy atom. The maximum Gasteiger partial charge on any atom is 0.333 e. The summed E-state index contributed by atoms with van der Waals surface area (Å²) < 4.78 is 16.5. The molecule has 0 unspecified atom stereocenters. The van der Waals surface area contributed by atoms with Crippen molar-refractivity contribution in [1.29, 1.82) is 0 Å². The Balaban J connectivity index is 1.38. The molecule has 0 aliphatic carbocycles. The summed E-state index contributed by atoms with van der Waals surface area (Å²) >= 11 is 5.93. The van der Waals surface area contributed by atoms with Crippen LogP contribution in [0.3, 0.4) is 0 Å². The highest BCUT2D eigenvalue weighted by atomic mass is 35.5. The van der Waals surface area contributed by atoms with Crippen molar-refractivity contribution in [2.75, 3.05) is 20.3 Å². The van der Waals surface area contributed by atoms with E-state index in [1.165, 1.54) is 7.11 Å². The van der Waals surface area contributed by atoms with Crippen molar-refractivity contribution < 1.29 is 24.1 Å². The maximum atomic E-state index is 11.0. The summed E-state index contributed by atoms with van der Waals surface area (Å²) in [5.41, 5.74) is 3.10. The summed E-state index contributed by atoms with van der Waals surface area (Å²) in [6, 6.07) is 23.1. The fraction of sp³-hybridized carbons (Fsp3) is 0.240. The highest BCUT2D eigenvalue weighted by Gasteiger charge is 2.16. The zero-order valence-corrected chi connectivity index (χ0v) is 18.0. The Kier molecular flexibility index (Phi) is 8.33. The first-order valence-corrected chi connectivity index (χ1v) is 10.4. The molecule has 31 heavy (non-hydrogen) atoms. The molecule has 5 nitrogen and oxygen atoms in total. The summed E-state index contributed by atoms with van der Waals surface area (Å²) in [5.74, 6) is 0.580. The molecule has 0 bridgehead atoms. The Hall–Kier alpha value is -3.02. The lowest BCUT2D eigenvalue weighted by atomic mass is 10.1. The third-order valence-corrected chi connectivity index (χ3v) is 5.01. The van der Waals surface area contributed by atoms with E-state index in [0.717, 1.165) is 39.6 Å². The molecule has 3 aromatic carbocycles. The van der Waals surface area contributed by atoms with Crippen molar-refractivity contribution in [1.82, 2.24) is 0 Å². The van der Waals surface area contributed by atoms with Crippen LogP contribution in [-0.2, 0) is 16.0 Å². The monoisotopic (exact) mass is 440 g/mol. The zero-order valence-electron chi connectivity index (χ0n) is 17.3. The Labute approximate surface area is 187 Å². The van der Waals surface area contributed by atoms with Gasteiger partial charge in [-0.15, -0.1) is 0 Å². The predicted octanol–water partition coefficient (Wildman–Crippen LogP) is 5.50. The van der Waals surface area contributed by atoms with Crippen LogP contribution in [0.5, 0.6) is 11.5 Å². The molecule has 1 N–H and O–H groups in total. The van der Waals surface area contributed by atoms with Crippen LogP contribution in [0.2, 0.25) is 5.02 Å². The van der Waals surface area contributed by atoms with Gasteiger partial charge < -0.3 is 19.3 Å². The van der Waals surface area contributed by atoms with Crippen LogP contribution in [0.1, 0.15) is 12.0 Å². The molecule has 1 atom stereocenters. The Morgan fingerprint density at radius 3 is 1.81 bits per heavy atom. The number of carbonyl (C=O) groups is 1. The van der Waals surface area contributed by atoms with Crippen LogP contribution in [-0.4, -0.2) is 37.5 Å². The standard InChI is InChI=1S/C25H25ClO5/c1-29-24(25(27)28)17-18-3-11-22(12-4-18)30-15-2-16-31-23-13-7-20(8-14-23)19-5-9-21(26)10-6-19/h3-14,24H,2,15-17H2,1H3,(H,27,28)/t24-/m0/s1. The van der Waals surface area contributed by atoms with Gasteiger partial charge in [-0.25, -0.2) is 4.79 Å². The summed E-state index contributed by atoms with van der Waals surface area (Å²) in [7, 11) is 1.40. The number of methoxy groups -OCH3 is 1. The van der Waals surface area contributed by atoms with Crippen LogP contribution in [0.25, 0.3) is 11.1 Å². The van der Waals surface area contributed by atoms with Crippen molar-refractivity contribution in [2.24, 2.45) is 0 Å². The van der Waals surface area contributed by atoms with Gasteiger partial charge in [-0.1, -0.05) is 48.0 Å². The van der Waals surface area contributed by atoms with Crippen LogP contribution in [0.4, 0.5) is 0 Å². The van der Waals surface area contributed by atoms with Crippen molar-refractivity contribution in [3.05, 3.63) is 83.4 Å². The average molecular weight is 441 g/mol. The lowest BCUT2D eigenvalue weighted by Gasteiger charge is -2.11. The molecule has 0 fully saturated rings. The Bertz CT molecular complexity index is 953. The third kappa shape index (κ3) is 7.02. The lowest BCUT2D eigenvalue weighted by molar-refractivity contribution is -0.148. The topological polar surface area (TPSA) is 65.0 Å². The maximum absolute atomic E-state index is 11.0. The van der Waals surface area contributed by atoms with E-state index in [0.29, 0.717) is 19.6 Å². The number of carboxylic acids is 1. The van der Waals surface area contributed by atoms with Crippen LogP contribution >= 0.6 is 11.6 Å². The van der Waals surface area contributed by atoms with Crippen molar-refractivity contribution >= 4 is 17.6 Å². The smallest absolute Gasteiger partial charge is 0.333 e. The molecule has 0 aliphatic rings. The van der Waals surface area contributed by atoms with Gasteiger partial charge in [0.25, 0.3) is 0 Å². The third-order valence-electron chi connectivity index (χ3n) is 4.76. The first-order valence-electron chi connectivity index (χ1n) is 10.0. The number of aliphatic carboxylic acids is 1. The van der Waals surface area contributed by atoms with Gasteiger partial charge in [-0.05, 0) is 53.1 Å². The van der Waals surface area contributed by atoms with E-state index in [4.69, 9.17) is 30.9 Å². The first kappa shape index (κ1) is 22.7. The highest BCUT2D eigenvalue weighted by Crippen LogP contribution is 2.24. The fourth-order valence-electron chi connectivity index (χ4n) is 3.03. The molecule has 3 aromatic rings. The van der Waals surface area contributed by atoms with E-state index >= 15 is 0 Å². The van der Waals surface area contributed by atoms with Crippen molar-refractivity contribution in [2.45, 2.75) is 18.9 Å². The predicted molar refractivity (Wildman–Crippen MR) is 121 cm³/mol. The van der Waals surface area contributed by atoms with Crippen molar-refractivity contribution in [3.8, 4) is 22.6 Å². The summed E-state index contributed by atoms with van der Waals surface area (Å²) in [4.78, 5) is 11.0. The minimum Gasteiger partial charge on any atom is -0.493 e. The molecule has 3 rings (SSSR count). The molecule has 0 amide bonds. The van der Waals surface area contributed by atoms with E-state index in [2.05, 4.69) is 0 Å². The van der Waals surface area contributed by atoms with E-state index < -0.39 is 12.1 Å². The van der Waals surface area contributed by atoms with Gasteiger partial charge in [0, 0.05) is 25.0 Å². The number of halogens is 1. The minimum atomic E-state index is -0.970. The summed E-state index contributed by atoms with van der Waals surface area (Å²) in [5, 5.41) is 9.77. The van der Waals surface area contributed by atoms with Crippen LogP contribution < -0.4 is 9.47 Å². The SMILES string of the molecule is CO[C@@H](Cc1ccc(OCCCOc2ccc(-c3ccc(Cl)cc3)cc2)cc1)C(=O)O. The van der Waals surface area contributed by atoms with E-state index in [9.17, 15) is 4.79 Å². The Morgan fingerprint density at radius 2 is 1.32 bits per heavy atom. The molecular formula is C25H25ClO5.